The molecule has 0 bridgehead atoms. The summed E-state index contributed by atoms with van der Waals surface area (Å²) in [4.78, 5) is 12.5. The first-order valence-electron chi connectivity index (χ1n) is 9.95. The Labute approximate surface area is 196 Å². The van der Waals surface area contributed by atoms with Crippen LogP contribution in [0, 0.1) is 13.8 Å². The molecule has 32 heavy (non-hydrogen) atoms. The number of nitrogens with zero attached hydrogens (tertiary/aromatic N) is 1. The number of methoxy groups -OCH3 is 2. The Hall–Kier alpha value is -3.32. The lowest BCUT2D eigenvalue weighted by Crippen LogP contribution is -2.18. The molecule has 0 radical (unpaired) electrons. The van der Waals surface area contributed by atoms with Crippen LogP contribution in [0.25, 0.3) is 0 Å². The summed E-state index contributed by atoms with van der Waals surface area (Å²) in [5.41, 5.74) is 6.93. The lowest BCUT2D eigenvalue weighted by Gasteiger charge is -2.13. The highest BCUT2D eigenvalue weighted by atomic mass is 79.9. The molecule has 0 saturated carbocycles. The molecular weight excluding hydrogens is 472 g/mol. The monoisotopic (exact) mass is 496 g/mol. The van der Waals surface area contributed by atoms with Crippen molar-refractivity contribution in [2.24, 2.45) is 5.10 Å². The minimum atomic E-state index is -0.359. The van der Waals surface area contributed by atoms with Crippen molar-refractivity contribution in [3.63, 3.8) is 0 Å². The average Bonchev–Trinajstić information content (AvgIpc) is 2.78. The number of halogens is 1. The number of hydrazone groups is 1. The second-order valence-corrected chi connectivity index (χ2v) is 8.07. The molecule has 0 heterocycles. The fourth-order valence-corrected chi connectivity index (χ4v) is 3.58. The number of benzene rings is 3. The zero-order valence-electron chi connectivity index (χ0n) is 18.4. The number of amides is 1. The van der Waals surface area contributed by atoms with Crippen LogP contribution in [-0.4, -0.2) is 26.3 Å². The molecule has 0 saturated heterocycles. The Morgan fingerprint density at radius 3 is 2.34 bits per heavy atom. The minimum absolute atomic E-state index is 0.359. The van der Waals surface area contributed by atoms with Crippen molar-refractivity contribution >= 4 is 28.1 Å². The number of carbonyl (C=O) groups excluding carboxylic acids is 1. The van der Waals surface area contributed by atoms with Crippen LogP contribution < -0.4 is 19.6 Å². The van der Waals surface area contributed by atoms with Crippen molar-refractivity contribution in [3.8, 4) is 17.2 Å². The molecule has 0 aromatic heterocycles. The smallest absolute Gasteiger partial charge is 0.275 e. The molecule has 166 valence electrons. The maximum absolute atomic E-state index is 12.5. The van der Waals surface area contributed by atoms with E-state index in [0.717, 1.165) is 21.2 Å². The Morgan fingerprint density at radius 2 is 1.66 bits per heavy atom. The SMILES string of the molecule is COc1cc(C)ccc1C(=O)N/N=C/c1cc(Br)c(OCc2ccc(C)cc2)c(OC)c1. The largest absolute Gasteiger partial charge is 0.496 e. The highest BCUT2D eigenvalue weighted by molar-refractivity contribution is 9.10. The minimum Gasteiger partial charge on any atom is -0.496 e. The molecule has 3 rings (SSSR count). The normalized spacial score (nSPS) is 10.8. The van der Waals surface area contributed by atoms with Gasteiger partial charge in [-0.3, -0.25) is 4.79 Å². The number of hydrogen-bond acceptors (Lipinski definition) is 5. The number of carbonyl (C=O) groups is 1. The van der Waals surface area contributed by atoms with Gasteiger partial charge in [-0.15, -0.1) is 0 Å². The molecular formula is C25H25BrN2O4. The van der Waals surface area contributed by atoms with Crippen LogP contribution in [0.5, 0.6) is 17.2 Å². The summed E-state index contributed by atoms with van der Waals surface area (Å²) in [7, 11) is 3.11. The predicted molar refractivity (Wildman–Crippen MR) is 129 cm³/mol. The van der Waals surface area contributed by atoms with E-state index < -0.39 is 0 Å². The molecule has 1 N–H and O–H groups in total. The molecule has 0 atom stereocenters. The quantitative estimate of drug-likeness (QED) is 0.333. The second-order valence-electron chi connectivity index (χ2n) is 7.21. The molecule has 0 unspecified atom stereocenters. The lowest BCUT2D eigenvalue weighted by molar-refractivity contribution is 0.0952. The Morgan fingerprint density at radius 1 is 0.969 bits per heavy atom. The van der Waals surface area contributed by atoms with Crippen LogP contribution in [0.15, 0.2) is 64.2 Å². The summed E-state index contributed by atoms with van der Waals surface area (Å²) >= 11 is 3.54. The summed E-state index contributed by atoms with van der Waals surface area (Å²) in [5, 5.41) is 4.07. The van der Waals surface area contributed by atoms with E-state index in [1.165, 1.54) is 18.9 Å². The summed E-state index contributed by atoms with van der Waals surface area (Å²) < 4.78 is 17.5. The van der Waals surface area contributed by atoms with E-state index in [4.69, 9.17) is 14.2 Å². The van der Waals surface area contributed by atoms with Crippen LogP contribution in [-0.2, 0) is 6.61 Å². The fourth-order valence-electron chi connectivity index (χ4n) is 3.01. The van der Waals surface area contributed by atoms with Crippen molar-refractivity contribution in [1.29, 1.82) is 0 Å². The van der Waals surface area contributed by atoms with Crippen LogP contribution >= 0.6 is 15.9 Å². The van der Waals surface area contributed by atoms with E-state index in [2.05, 4.69) is 26.5 Å². The average molecular weight is 497 g/mol. The van der Waals surface area contributed by atoms with Crippen LogP contribution in [0.1, 0.15) is 32.6 Å². The lowest BCUT2D eigenvalue weighted by atomic mass is 10.1. The number of nitrogens with one attached hydrogen (secondary N) is 1. The Balaban J connectivity index is 1.70. The summed E-state index contributed by atoms with van der Waals surface area (Å²) in [6, 6.07) is 17.1. The first-order valence-corrected chi connectivity index (χ1v) is 10.7. The number of rotatable bonds is 8. The Kier molecular flexibility index (Phi) is 7.89. The van der Waals surface area contributed by atoms with Gasteiger partial charge in [-0.2, -0.15) is 5.10 Å². The molecule has 0 aliphatic rings. The van der Waals surface area contributed by atoms with E-state index in [9.17, 15) is 4.79 Å². The van der Waals surface area contributed by atoms with Gasteiger partial charge in [-0.25, -0.2) is 5.43 Å². The molecule has 3 aromatic rings. The third-order valence-corrected chi connectivity index (χ3v) is 5.33. The van der Waals surface area contributed by atoms with Crippen molar-refractivity contribution in [2.45, 2.75) is 20.5 Å². The predicted octanol–water partition coefficient (Wildman–Crippen LogP) is 5.43. The van der Waals surface area contributed by atoms with E-state index in [0.29, 0.717) is 29.4 Å². The van der Waals surface area contributed by atoms with Gasteiger partial charge in [0.2, 0.25) is 0 Å². The third kappa shape index (κ3) is 5.88. The van der Waals surface area contributed by atoms with Gasteiger partial charge in [-0.05, 0) is 70.7 Å². The molecule has 3 aromatic carbocycles. The molecule has 7 heteroatoms. The topological polar surface area (TPSA) is 69.2 Å². The van der Waals surface area contributed by atoms with Crippen molar-refractivity contribution in [3.05, 3.63) is 86.9 Å². The number of aryl methyl sites for hydroxylation is 2. The highest BCUT2D eigenvalue weighted by Crippen LogP contribution is 2.36. The van der Waals surface area contributed by atoms with Gasteiger partial charge in [-0.1, -0.05) is 35.9 Å². The zero-order valence-corrected chi connectivity index (χ0v) is 20.0. The maximum Gasteiger partial charge on any atom is 0.275 e. The van der Waals surface area contributed by atoms with E-state index in [1.54, 1.807) is 25.3 Å². The number of hydrogen-bond donors (Lipinski definition) is 1. The fraction of sp³-hybridized carbons (Fsp3) is 0.200. The molecule has 0 aliphatic heterocycles. The van der Waals surface area contributed by atoms with Crippen molar-refractivity contribution < 1.29 is 19.0 Å². The first-order chi connectivity index (χ1) is 15.4. The molecule has 1 amide bonds. The van der Waals surface area contributed by atoms with Crippen LogP contribution in [0.3, 0.4) is 0 Å². The third-order valence-electron chi connectivity index (χ3n) is 4.74. The van der Waals surface area contributed by atoms with Gasteiger partial charge in [0.15, 0.2) is 11.5 Å². The molecule has 0 aliphatic carbocycles. The van der Waals surface area contributed by atoms with E-state index in [-0.39, 0.29) is 5.91 Å². The summed E-state index contributed by atoms with van der Waals surface area (Å²) in [6.07, 6.45) is 1.54. The van der Waals surface area contributed by atoms with Crippen molar-refractivity contribution in [1.82, 2.24) is 5.43 Å². The molecule has 6 nitrogen and oxygen atoms in total. The van der Waals surface area contributed by atoms with Gasteiger partial charge in [0, 0.05) is 0 Å². The summed E-state index contributed by atoms with van der Waals surface area (Å²) in [5.74, 6) is 1.29. The van der Waals surface area contributed by atoms with E-state index >= 15 is 0 Å². The maximum atomic E-state index is 12.5. The second kappa shape index (κ2) is 10.8. The highest BCUT2D eigenvalue weighted by Gasteiger charge is 2.13. The van der Waals surface area contributed by atoms with Gasteiger partial charge in [0.05, 0.1) is 30.5 Å². The standard InChI is InChI=1S/C25H25BrN2O4/c1-16-5-8-18(9-6-16)15-32-24-21(26)12-19(13-23(24)31-4)14-27-28-25(29)20-10-7-17(2)11-22(20)30-3/h5-14H,15H2,1-4H3,(H,28,29)/b27-14+. The Bertz CT molecular complexity index is 1130. The van der Waals surface area contributed by atoms with E-state index in [1.807, 2.05) is 50.2 Å². The van der Waals surface area contributed by atoms with Crippen LogP contribution in [0.4, 0.5) is 0 Å². The van der Waals surface area contributed by atoms with Crippen molar-refractivity contribution in [2.75, 3.05) is 14.2 Å². The van der Waals surface area contributed by atoms with Gasteiger partial charge >= 0.3 is 0 Å². The number of ether oxygens (including phenoxy) is 3. The molecule has 0 fully saturated rings. The molecule has 0 spiro atoms. The zero-order chi connectivity index (χ0) is 23.1. The van der Waals surface area contributed by atoms with Gasteiger partial charge in [0.1, 0.15) is 12.4 Å². The summed E-state index contributed by atoms with van der Waals surface area (Å²) in [6.45, 7) is 4.39. The first kappa shape index (κ1) is 23.3. The van der Waals surface area contributed by atoms with Crippen LogP contribution in [0.2, 0.25) is 0 Å². The van der Waals surface area contributed by atoms with Gasteiger partial charge < -0.3 is 14.2 Å². The van der Waals surface area contributed by atoms with Gasteiger partial charge in [0.25, 0.3) is 5.91 Å².